The van der Waals surface area contributed by atoms with Crippen molar-refractivity contribution >= 4 is 11.8 Å². The number of aromatic nitrogens is 2. The van der Waals surface area contributed by atoms with E-state index in [-0.39, 0.29) is 37.2 Å². The molecule has 116 valence electrons. The van der Waals surface area contributed by atoms with Crippen LogP contribution < -0.4 is 10.3 Å². The average Bonchev–Trinajstić information content (AvgIpc) is 2.38. The first-order valence-corrected chi connectivity index (χ1v) is 6.75. The van der Waals surface area contributed by atoms with Gasteiger partial charge < -0.3 is 9.47 Å². The van der Waals surface area contributed by atoms with Crippen LogP contribution in [0.2, 0.25) is 0 Å². The van der Waals surface area contributed by atoms with Crippen LogP contribution in [0.25, 0.3) is 0 Å². The van der Waals surface area contributed by atoms with Gasteiger partial charge in [-0.3, -0.25) is 14.4 Å². The summed E-state index contributed by atoms with van der Waals surface area (Å²) in [6.45, 7) is 6.70. The predicted octanol–water partition coefficient (Wildman–Crippen LogP) is 0.898. The molecule has 1 heterocycles. The van der Waals surface area contributed by atoms with Crippen LogP contribution in [-0.4, -0.2) is 34.7 Å². The van der Waals surface area contributed by atoms with Crippen molar-refractivity contribution in [2.45, 2.75) is 40.2 Å². The minimum atomic E-state index is -0.529. The molecule has 7 heteroatoms. The van der Waals surface area contributed by atoms with Crippen LogP contribution in [0.4, 0.5) is 0 Å². The second-order valence-corrected chi connectivity index (χ2v) is 4.84. The van der Waals surface area contributed by atoms with Gasteiger partial charge >= 0.3 is 5.97 Å². The highest BCUT2D eigenvalue weighted by molar-refractivity contribution is 5.77. The molecule has 0 atom stereocenters. The van der Waals surface area contributed by atoms with Crippen LogP contribution in [-0.2, 0) is 20.9 Å². The second kappa shape index (κ2) is 7.56. The van der Waals surface area contributed by atoms with Gasteiger partial charge in [0, 0.05) is 12.0 Å². The second-order valence-electron chi connectivity index (χ2n) is 4.84. The fourth-order valence-corrected chi connectivity index (χ4v) is 1.63. The molecule has 0 unspecified atom stereocenters. The number of ether oxygens (including phenoxy) is 2. The van der Waals surface area contributed by atoms with Gasteiger partial charge in [-0.1, -0.05) is 13.8 Å². The summed E-state index contributed by atoms with van der Waals surface area (Å²) in [6.07, 6.45) is 0. The smallest absolute Gasteiger partial charge is 0.327 e. The van der Waals surface area contributed by atoms with Crippen molar-refractivity contribution in [3.63, 3.8) is 0 Å². The third-order valence-corrected chi connectivity index (χ3v) is 2.55. The molecule has 1 aromatic heterocycles. The average molecular weight is 296 g/mol. The van der Waals surface area contributed by atoms with E-state index in [0.717, 1.165) is 4.68 Å². The Morgan fingerprint density at radius 1 is 1.38 bits per heavy atom. The summed E-state index contributed by atoms with van der Waals surface area (Å²) in [4.78, 5) is 34.4. The first-order valence-electron chi connectivity index (χ1n) is 6.75. The van der Waals surface area contributed by atoms with Crippen molar-refractivity contribution in [3.8, 4) is 5.75 Å². The number of Topliss-reactive ketones (excluding diaryl/α,β-unsaturated/α-hetero) is 1. The lowest BCUT2D eigenvalue weighted by Gasteiger charge is -2.14. The number of esters is 1. The van der Waals surface area contributed by atoms with Crippen molar-refractivity contribution in [2.75, 3.05) is 13.2 Å². The van der Waals surface area contributed by atoms with Gasteiger partial charge in [-0.05, 0) is 13.8 Å². The van der Waals surface area contributed by atoms with E-state index < -0.39 is 11.5 Å². The van der Waals surface area contributed by atoms with Crippen LogP contribution in [0.1, 0.15) is 39.3 Å². The standard InChI is InChI=1S/C14H20N2O5/c1-5-20-13(19)7-16-12(18)6-11(21-8-10(4)17)14(15-16)9(2)3/h6,9H,5,7-8H2,1-4H3. The Balaban J connectivity index is 3.08. The minimum Gasteiger partial charge on any atom is -0.484 e. The molecule has 7 nitrogen and oxygen atoms in total. The van der Waals surface area contributed by atoms with Gasteiger partial charge in [0.15, 0.2) is 5.78 Å². The zero-order valence-electron chi connectivity index (χ0n) is 12.7. The van der Waals surface area contributed by atoms with E-state index in [2.05, 4.69) is 5.10 Å². The van der Waals surface area contributed by atoms with Gasteiger partial charge in [-0.2, -0.15) is 5.10 Å². The molecule has 0 saturated carbocycles. The molecule has 0 aliphatic heterocycles. The van der Waals surface area contributed by atoms with Gasteiger partial charge in [-0.25, -0.2) is 4.68 Å². The summed E-state index contributed by atoms with van der Waals surface area (Å²) in [7, 11) is 0. The topological polar surface area (TPSA) is 87.5 Å². The molecule has 0 aromatic carbocycles. The van der Waals surface area contributed by atoms with Crippen molar-refractivity contribution in [3.05, 3.63) is 22.1 Å². The van der Waals surface area contributed by atoms with E-state index in [4.69, 9.17) is 9.47 Å². The Morgan fingerprint density at radius 2 is 2.05 bits per heavy atom. The van der Waals surface area contributed by atoms with Crippen molar-refractivity contribution < 1.29 is 19.1 Å². The van der Waals surface area contributed by atoms with Gasteiger partial charge in [0.2, 0.25) is 0 Å². The Kier molecular flexibility index (Phi) is 6.08. The summed E-state index contributed by atoms with van der Waals surface area (Å²) in [5.74, 6) is -0.439. The molecule has 0 bridgehead atoms. The number of hydrogen-bond acceptors (Lipinski definition) is 6. The van der Waals surface area contributed by atoms with E-state index in [9.17, 15) is 14.4 Å². The first kappa shape index (κ1) is 16.9. The molecule has 0 spiro atoms. The molecular formula is C14H20N2O5. The summed E-state index contributed by atoms with van der Waals surface area (Å²) in [6, 6.07) is 1.24. The maximum atomic E-state index is 11.9. The molecular weight excluding hydrogens is 276 g/mol. The van der Waals surface area contributed by atoms with Crippen LogP contribution in [0.5, 0.6) is 5.75 Å². The Hall–Kier alpha value is -2.18. The summed E-state index contributed by atoms with van der Waals surface area (Å²) < 4.78 is 11.1. The van der Waals surface area contributed by atoms with Gasteiger partial charge in [0.05, 0.1) is 6.61 Å². The zero-order valence-corrected chi connectivity index (χ0v) is 12.7. The highest BCUT2D eigenvalue weighted by atomic mass is 16.5. The molecule has 21 heavy (non-hydrogen) atoms. The lowest BCUT2D eigenvalue weighted by molar-refractivity contribution is -0.144. The number of ketones is 1. The van der Waals surface area contributed by atoms with Crippen molar-refractivity contribution in [1.82, 2.24) is 9.78 Å². The number of carbonyl (C=O) groups is 2. The molecule has 0 N–H and O–H groups in total. The maximum absolute atomic E-state index is 11.9. The molecule has 1 aromatic rings. The highest BCUT2D eigenvalue weighted by Gasteiger charge is 2.16. The summed E-state index contributed by atoms with van der Waals surface area (Å²) in [5, 5.41) is 4.14. The lowest BCUT2D eigenvalue weighted by Crippen LogP contribution is -2.29. The van der Waals surface area contributed by atoms with E-state index in [1.54, 1.807) is 6.92 Å². The molecule has 0 saturated heterocycles. The fourth-order valence-electron chi connectivity index (χ4n) is 1.63. The predicted molar refractivity (Wildman–Crippen MR) is 75.4 cm³/mol. The number of carbonyl (C=O) groups excluding carboxylic acids is 2. The Bertz CT molecular complexity index is 577. The maximum Gasteiger partial charge on any atom is 0.327 e. The quantitative estimate of drug-likeness (QED) is 0.695. The van der Waals surface area contributed by atoms with Crippen LogP contribution in [0.15, 0.2) is 10.9 Å². The molecule has 0 radical (unpaired) electrons. The molecule has 0 fully saturated rings. The Labute approximate surface area is 122 Å². The molecule has 0 aliphatic rings. The molecule has 0 amide bonds. The molecule has 0 aliphatic carbocycles. The number of nitrogens with zero attached hydrogens (tertiary/aromatic N) is 2. The van der Waals surface area contributed by atoms with E-state index in [1.807, 2.05) is 13.8 Å². The van der Waals surface area contributed by atoms with Crippen LogP contribution in [0, 0.1) is 0 Å². The van der Waals surface area contributed by atoms with Crippen molar-refractivity contribution in [1.29, 1.82) is 0 Å². The number of hydrogen-bond donors (Lipinski definition) is 0. The first-order chi connectivity index (χ1) is 9.85. The van der Waals surface area contributed by atoms with E-state index in [1.165, 1.54) is 13.0 Å². The highest BCUT2D eigenvalue weighted by Crippen LogP contribution is 2.22. The third kappa shape index (κ3) is 5.02. The zero-order chi connectivity index (χ0) is 16.0. The summed E-state index contributed by atoms with van der Waals surface area (Å²) in [5.41, 5.74) is 0.0335. The number of rotatable bonds is 7. The van der Waals surface area contributed by atoms with Gasteiger partial charge in [0.25, 0.3) is 5.56 Å². The summed E-state index contributed by atoms with van der Waals surface area (Å²) >= 11 is 0. The lowest BCUT2D eigenvalue weighted by atomic mass is 10.1. The Morgan fingerprint density at radius 3 is 2.57 bits per heavy atom. The van der Waals surface area contributed by atoms with E-state index >= 15 is 0 Å². The van der Waals surface area contributed by atoms with Crippen molar-refractivity contribution in [2.24, 2.45) is 0 Å². The largest absolute Gasteiger partial charge is 0.484 e. The minimum absolute atomic E-state index is 0.0268. The molecule has 1 rings (SSSR count). The van der Waals surface area contributed by atoms with Gasteiger partial charge in [-0.15, -0.1) is 0 Å². The SMILES string of the molecule is CCOC(=O)Cn1nc(C(C)C)c(OCC(C)=O)cc1=O. The monoisotopic (exact) mass is 296 g/mol. The van der Waals surface area contributed by atoms with Crippen LogP contribution in [0.3, 0.4) is 0 Å². The van der Waals surface area contributed by atoms with Crippen LogP contribution >= 0.6 is 0 Å². The van der Waals surface area contributed by atoms with Gasteiger partial charge in [0.1, 0.15) is 24.6 Å². The third-order valence-electron chi connectivity index (χ3n) is 2.55. The fraction of sp³-hybridized carbons (Fsp3) is 0.571. The normalized spacial score (nSPS) is 10.5. The van der Waals surface area contributed by atoms with E-state index in [0.29, 0.717) is 5.69 Å².